The van der Waals surface area contributed by atoms with Crippen LogP contribution in [0.1, 0.15) is 16.1 Å². The molecule has 3 rings (SSSR count). The van der Waals surface area contributed by atoms with Crippen LogP contribution in [0.15, 0.2) is 24.4 Å². The number of piperazine rings is 1. The lowest BCUT2D eigenvalue weighted by atomic mass is 10.2. The van der Waals surface area contributed by atoms with E-state index < -0.39 is 0 Å². The number of halogens is 3. The number of aromatic nitrogens is 2. The van der Waals surface area contributed by atoms with Crippen molar-refractivity contribution in [3.05, 3.63) is 51.5 Å². The quantitative estimate of drug-likeness (QED) is 0.833. The van der Waals surface area contributed by atoms with Gasteiger partial charge in [-0.25, -0.2) is 4.39 Å². The van der Waals surface area contributed by atoms with E-state index in [0.29, 0.717) is 35.4 Å². The van der Waals surface area contributed by atoms with Crippen molar-refractivity contribution < 1.29 is 9.18 Å². The van der Waals surface area contributed by atoms with Crippen molar-refractivity contribution in [2.75, 3.05) is 26.2 Å². The van der Waals surface area contributed by atoms with E-state index in [9.17, 15) is 9.18 Å². The largest absolute Gasteiger partial charge is 0.335 e. The normalized spacial score (nSPS) is 15.8. The van der Waals surface area contributed by atoms with Crippen LogP contribution < -0.4 is 0 Å². The van der Waals surface area contributed by atoms with Gasteiger partial charge in [0.25, 0.3) is 5.91 Å². The van der Waals surface area contributed by atoms with E-state index in [-0.39, 0.29) is 11.7 Å². The van der Waals surface area contributed by atoms with Crippen LogP contribution in [0.25, 0.3) is 0 Å². The van der Waals surface area contributed by atoms with Gasteiger partial charge in [0.2, 0.25) is 0 Å². The summed E-state index contributed by atoms with van der Waals surface area (Å²) in [6.45, 7) is 3.26. The highest BCUT2D eigenvalue weighted by Gasteiger charge is 2.26. The van der Waals surface area contributed by atoms with Crippen LogP contribution in [0.4, 0.5) is 4.39 Å². The minimum absolute atomic E-state index is 0.112. The van der Waals surface area contributed by atoms with Crippen LogP contribution in [-0.2, 0) is 13.6 Å². The molecular weight excluding hydrogens is 354 g/mol. The van der Waals surface area contributed by atoms with Gasteiger partial charge >= 0.3 is 0 Å². The van der Waals surface area contributed by atoms with Gasteiger partial charge in [0, 0.05) is 44.8 Å². The van der Waals surface area contributed by atoms with E-state index in [1.165, 1.54) is 23.0 Å². The Morgan fingerprint density at radius 2 is 1.92 bits per heavy atom. The lowest BCUT2D eigenvalue weighted by molar-refractivity contribution is 0.0618. The van der Waals surface area contributed by atoms with E-state index in [1.807, 2.05) is 0 Å². The molecule has 8 heteroatoms. The molecule has 0 radical (unpaired) electrons. The van der Waals surface area contributed by atoms with Gasteiger partial charge in [-0.05, 0) is 17.7 Å². The van der Waals surface area contributed by atoms with Crippen molar-refractivity contribution in [1.82, 2.24) is 19.6 Å². The summed E-state index contributed by atoms with van der Waals surface area (Å²) in [5, 5.41) is 4.79. The minimum atomic E-state index is -0.341. The molecule has 1 saturated heterocycles. The van der Waals surface area contributed by atoms with Gasteiger partial charge in [-0.15, -0.1) is 0 Å². The summed E-state index contributed by atoms with van der Waals surface area (Å²) in [6.07, 6.45) is 1.47. The molecule has 1 aromatic heterocycles. The molecule has 0 spiro atoms. The maximum Gasteiger partial charge on any atom is 0.273 e. The van der Waals surface area contributed by atoms with Crippen LogP contribution in [-0.4, -0.2) is 51.7 Å². The molecule has 1 fully saturated rings. The molecule has 0 N–H and O–H groups in total. The molecule has 0 unspecified atom stereocenters. The Labute approximate surface area is 149 Å². The molecule has 0 aliphatic carbocycles. The number of nitrogens with zero attached hydrogens (tertiary/aromatic N) is 4. The predicted octanol–water partition coefficient (Wildman–Crippen LogP) is 2.82. The first-order chi connectivity index (χ1) is 11.5. The Morgan fingerprint density at radius 3 is 2.50 bits per heavy atom. The highest BCUT2D eigenvalue weighted by molar-refractivity contribution is 6.33. The Kier molecular flexibility index (Phi) is 5.08. The average Bonchev–Trinajstić information content (AvgIpc) is 2.89. The van der Waals surface area contributed by atoms with Gasteiger partial charge in [-0.1, -0.05) is 29.3 Å². The first-order valence-corrected chi connectivity index (χ1v) is 8.34. The molecule has 1 amide bonds. The van der Waals surface area contributed by atoms with Gasteiger partial charge in [-0.2, -0.15) is 5.10 Å². The molecular formula is C16H17Cl2FN4O. The third-order valence-electron chi connectivity index (χ3n) is 4.17. The molecule has 2 aromatic rings. The highest BCUT2D eigenvalue weighted by atomic mass is 35.5. The van der Waals surface area contributed by atoms with E-state index in [2.05, 4.69) is 10.00 Å². The van der Waals surface area contributed by atoms with Gasteiger partial charge in [0.05, 0.1) is 11.2 Å². The van der Waals surface area contributed by atoms with Crippen molar-refractivity contribution in [3.8, 4) is 0 Å². The summed E-state index contributed by atoms with van der Waals surface area (Å²) in [4.78, 5) is 16.5. The van der Waals surface area contributed by atoms with Crippen molar-refractivity contribution >= 4 is 29.1 Å². The number of rotatable bonds is 3. The maximum absolute atomic E-state index is 13.1. The molecule has 5 nitrogen and oxygen atoms in total. The number of hydrogen-bond donors (Lipinski definition) is 0. The number of carbonyl (C=O) groups excluding carboxylic acids is 1. The second-order valence-corrected chi connectivity index (χ2v) is 6.58. The van der Waals surface area contributed by atoms with Crippen molar-refractivity contribution in [1.29, 1.82) is 0 Å². The number of benzene rings is 1. The zero-order valence-electron chi connectivity index (χ0n) is 13.2. The lowest BCUT2D eigenvalue weighted by Gasteiger charge is -2.34. The van der Waals surface area contributed by atoms with Crippen molar-refractivity contribution in [2.24, 2.45) is 7.05 Å². The second kappa shape index (κ2) is 7.09. The smallest absolute Gasteiger partial charge is 0.273 e. The third-order valence-corrected chi connectivity index (χ3v) is 4.79. The van der Waals surface area contributed by atoms with Gasteiger partial charge in [0.15, 0.2) is 0 Å². The first-order valence-electron chi connectivity index (χ1n) is 7.59. The van der Waals surface area contributed by atoms with Crippen LogP contribution in [0.3, 0.4) is 0 Å². The zero-order chi connectivity index (χ0) is 17.3. The molecule has 128 valence electrons. The molecule has 2 heterocycles. The number of carbonyl (C=O) groups is 1. The summed E-state index contributed by atoms with van der Waals surface area (Å²) in [5.41, 5.74) is 1.29. The Balaban J connectivity index is 1.60. The predicted molar refractivity (Wildman–Crippen MR) is 90.8 cm³/mol. The SMILES string of the molecule is Cn1ncc(Cl)c1C(=O)N1CCN(Cc2ccc(F)cc2Cl)CC1. The summed E-state index contributed by atoms with van der Waals surface area (Å²) < 4.78 is 14.6. The first kappa shape index (κ1) is 17.2. The van der Waals surface area contributed by atoms with Crippen molar-refractivity contribution in [2.45, 2.75) is 6.54 Å². The molecule has 1 aliphatic rings. The molecule has 1 aliphatic heterocycles. The Hall–Kier alpha value is -1.63. The molecule has 0 saturated carbocycles. The number of hydrogen-bond acceptors (Lipinski definition) is 3. The van der Waals surface area contributed by atoms with Crippen molar-refractivity contribution in [3.63, 3.8) is 0 Å². The molecule has 1 aromatic carbocycles. The second-order valence-electron chi connectivity index (χ2n) is 5.77. The zero-order valence-corrected chi connectivity index (χ0v) is 14.7. The standard InChI is InChI=1S/C16H17Cl2FN4O/c1-21-15(14(18)9-20-21)16(24)23-6-4-22(5-7-23)10-11-2-3-12(19)8-13(11)17/h2-3,8-9H,4-7,10H2,1H3. The fourth-order valence-corrected chi connectivity index (χ4v) is 3.27. The lowest BCUT2D eigenvalue weighted by Crippen LogP contribution is -2.48. The summed E-state index contributed by atoms with van der Waals surface area (Å²) >= 11 is 12.1. The van der Waals surface area contributed by atoms with E-state index in [0.717, 1.165) is 18.7 Å². The highest BCUT2D eigenvalue weighted by Crippen LogP contribution is 2.21. The van der Waals surface area contributed by atoms with Gasteiger partial charge in [-0.3, -0.25) is 14.4 Å². The number of aryl methyl sites for hydroxylation is 1. The molecule has 24 heavy (non-hydrogen) atoms. The van der Waals surface area contributed by atoms with E-state index in [1.54, 1.807) is 18.0 Å². The topological polar surface area (TPSA) is 41.4 Å². The van der Waals surface area contributed by atoms with Crippen LogP contribution >= 0.6 is 23.2 Å². The monoisotopic (exact) mass is 370 g/mol. The van der Waals surface area contributed by atoms with E-state index in [4.69, 9.17) is 23.2 Å². The third kappa shape index (κ3) is 3.55. The van der Waals surface area contributed by atoms with Crippen LogP contribution in [0.2, 0.25) is 10.0 Å². The van der Waals surface area contributed by atoms with Gasteiger partial charge in [0.1, 0.15) is 11.5 Å². The van der Waals surface area contributed by atoms with Crippen LogP contribution in [0.5, 0.6) is 0 Å². The Morgan fingerprint density at radius 1 is 1.21 bits per heavy atom. The maximum atomic E-state index is 13.1. The summed E-state index contributed by atoms with van der Waals surface area (Å²) in [5.74, 6) is -0.452. The molecule has 0 bridgehead atoms. The Bertz CT molecular complexity index is 737. The van der Waals surface area contributed by atoms with E-state index >= 15 is 0 Å². The average molecular weight is 371 g/mol. The summed E-state index contributed by atoms with van der Waals surface area (Å²) in [6, 6.07) is 4.43. The van der Waals surface area contributed by atoms with Crippen LogP contribution in [0, 0.1) is 5.82 Å². The summed E-state index contributed by atoms with van der Waals surface area (Å²) in [7, 11) is 1.70. The van der Waals surface area contributed by atoms with Gasteiger partial charge < -0.3 is 4.90 Å². The minimum Gasteiger partial charge on any atom is -0.335 e. The fraction of sp³-hybridized carbons (Fsp3) is 0.375. The molecule has 0 atom stereocenters. The number of amides is 1. The fourth-order valence-electron chi connectivity index (χ4n) is 2.80.